The molecule has 1 aliphatic rings. The number of rotatable bonds is 25. The van der Waals surface area contributed by atoms with Gasteiger partial charge < -0.3 is 65.1 Å². The van der Waals surface area contributed by atoms with Gasteiger partial charge in [0.25, 0.3) is 0 Å². The molecule has 1 saturated heterocycles. The average molecular weight is 662 g/mol. The van der Waals surface area contributed by atoms with Crippen LogP contribution in [0.15, 0.2) is 0 Å². The van der Waals surface area contributed by atoms with Crippen LogP contribution in [0.4, 0.5) is 0 Å². The number of aliphatic carboxylic acids is 1. The second-order valence-electron chi connectivity index (χ2n) is 11.7. The average Bonchev–Trinajstić information content (AvgIpc) is 3.00. The van der Waals surface area contributed by atoms with Gasteiger partial charge in [-0.25, -0.2) is 0 Å². The molecule has 1 heterocycles. The first kappa shape index (κ1) is 44.5. The summed E-state index contributed by atoms with van der Waals surface area (Å²) in [6.07, 6.45) is -4.74. The van der Waals surface area contributed by atoms with Gasteiger partial charge in [-0.15, -0.1) is 0 Å². The molecule has 9 atom stereocenters. The number of carboxylic acids is 1. The van der Waals surface area contributed by atoms with Crippen LogP contribution < -0.4 is 34.7 Å². The third-order valence-corrected chi connectivity index (χ3v) is 8.00. The van der Waals surface area contributed by atoms with E-state index in [9.17, 15) is 55.5 Å². The zero-order valence-corrected chi connectivity index (χ0v) is 29.0. The van der Waals surface area contributed by atoms with Crippen molar-refractivity contribution in [3.8, 4) is 0 Å². The molecule has 0 saturated carbocycles. The Labute approximate surface area is 288 Å². The van der Waals surface area contributed by atoms with E-state index in [0.717, 1.165) is 57.8 Å². The maximum Gasteiger partial charge on any atom is 1.00 e. The molecule has 0 radical (unpaired) electrons. The molecule has 1 aliphatic heterocycles. The number of hydrogen-bond acceptors (Lipinski definition) is 13. The van der Waals surface area contributed by atoms with Crippen LogP contribution in [-0.4, -0.2) is 139 Å². The van der Waals surface area contributed by atoms with Crippen LogP contribution in [0, 0.1) is 0 Å². The van der Waals surface area contributed by atoms with Crippen LogP contribution in [0.3, 0.4) is 0 Å². The molecule has 1 fully saturated rings. The van der Waals surface area contributed by atoms with Crippen molar-refractivity contribution in [2.24, 2.45) is 0 Å². The molecule has 8 N–H and O–H groups in total. The number of unbranched alkanes of at least 4 members (excludes halogenated alkanes) is 10. The number of amides is 1. The summed E-state index contributed by atoms with van der Waals surface area (Å²) in [7, 11) is 0. The van der Waals surface area contributed by atoms with Crippen molar-refractivity contribution in [1.29, 1.82) is 0 Å². The molecule has 1 rings (SSSR count). The Kier molecular flexibility index (Phi) is 25.3. The summed E-state index contributed by atoms with van der Waals surface area (Å²) in [5.74, 6) is -1.23. The predicted octanol–water partition coefficient (Wildman–Crippen LogP) is -4.69. The van der Waals surface area contributed by atoms with Gasteiger partial charge in [-0.1, -0.05) is 64.7 Å². The Bertz CT molecular complexity index is 780. The Morgan fingerprint density at radius 1 is 0.800 bits per heavy atom. The Hall–Kier alpha value is -0.460. The number of aliphatic hydroxyl groups is 8. The molecule has 0 bridgehead atoms. The van der Waals surface area contributed by atoms with Crippen molar-refractivity contribution in [3.05, 3.63) is 0 Å². The summed E-state index contributed by atoms with van der Waals surface area (Å²) in [5, 5.41) is 92.1. The predicted molar refractivity (Wildman–Crippen MR) is 156 cm³/mol. The van der Waals surface area contributed by atoms with Crippen molar-refractivity contribution in [2.75, 3.05) is 26.3 Å². The van der Waals surface area contributed by atoms with Crippen LogP contribution in [0.5, 0.6) is 0 Å². The Morgan fingerprint density at radius 3 is 1.91 bits per heavy atom. The maximum absolute atomic E-state index is 13.1. The first-order valence-electron chi connectivity index (χ1n) is 16.1. The number of nitrogens with zero attached hydrogens (tertiary/aromatic N) is 1. The van der Waals surface area contributed by atoms with E-state index >= 15 is 0 Å². The van der Waals surface area contributed by atoms with Crippen molar-refractivity contribution in [1.82, 2.24) is 4.90 Å². The zero-order valence-electron chi connectivity index (χ0n) is 27.0. The second kappa shape index (κ2) is 25.5. The molecule has 14 nitrogen and oxygen atoms in total. The second-order valence-corrected chi connectivity index (χ2v) is 11.7. The molecule has 0 aromatic heterocycles. The van der Waals surface area contributed by atoms with Gasteiger partial charge in [-0.3, -0.25) is 4.79 Å². The molecule has 0 spiro atoms. The molecule has 15 heteroatoms. The van der Waals surface area contributed by atoms with E-state index in [0.29, 0.717) is 25.8 Å². The van der Waals surface area contributed by atoms with Gasteiger partial charge in [0.15, 0.2) is 6.29 Å². The fraction of sp³-hybridized carbons (Fsp3) is 0.933. The number of carboxylic acid groups (broad SMARTS) is 1. The van der Waals surface area contributed by atoms with Gasteiger partial charge in [0.05, 0.1) is 13.2 Å². The van der Waals surface area contributed by atoms with Crippen molar-refractivity contribution < 1.29 is 94.6 Å². The van der Waals surface area contributed by atoms with E-state index in [-0.39, 0.29) is 54.9 Å². The van der Waals surface area contributed by atoms with Crippen LogP contribution in [0.2, 0.25) is 0 Å². The number of carbonyl (C=O) groups excluding carboxylic acids is 2. The fourth-order valence-corrected chi connectivity index (χ4v) is 5.20. The molecule has 0 aromatic rings. The van der Waals surface area contributed by atoms with E-state index in [1.54, 1.807) is 0 Å². The number of hydrogen-bond donors (Lipinski definition) is 8. The largest absolute Gasteiger partial charge is 1.00 e. The number of ether oxygens (including phenoxy) is 2. The Balaban J connectivity index is 0.0000194. The molecule has 0 aliphatic carbocycles. The summed E-state index contributed by atoms with van der Waals surface area (Å²) in [6, 6.07) is 0. The van der Waals surface area contributed by atoms with E-state index in [1.807, 2.05) is 0 Å². The summed E-state index contributed by atoms with van der Waals surface area (Å²) in [6.45, 7) is 0.455. The van der Waals surface area contributed by atoms with Crippen LogP contribution in [0.25, 0.3) is 0 Å². The van der Waals surface area contributed by atoms with Crippen LogP contribution in [0.1, 0.15) is 96.8 Å². The summed E-state index contributed by atoms with van der Waals surface area (Å²) in [4.78, 5) is 25.0. The van der Waals surface area contributed by atoms with E-state index in [1.165, 1.54) is 4.90 Å². The molecule has 45 heavy (non-hydrogen) atoms. The minimum absolute atomic E-state index is 0. The minimum Gasteiger partial charge on any atom is -0.550 e. The molecule has 0 unspecified atom stereocenters. The van der Waals surface area contributed by atoms with Gasteiger partial charge in [0, 0.05) is 25.5 Å². The third-order valence-electron chi connectivity index (χ3n) is 8.00. The summed E-state index contributed by atoms with van der Waals surface area (Å²) < 4.78 is 10.8. The van der Waals surface area contributed by atoms with E-state index < -0.39 is 74.3 Å². The van der Waals surface area contributed by atoms with Crippen molar-refractivity contribution >= 4 is 11.9 Å². The van der Waals surface area contributed by atoms with E-state index in [4.69, 9.17) is 9.47 Å². The van der Waals surface area contributed by atoms with Crippen molar-refractivity contribution in [3.63, 3.8) is 0 Å². The molecular weight excluding hydrogens is 605 g/mol. The summed E-state index contributed by atoms with van der Waals surface area (Å²) >= 11 is 0. The van der Waals surface area contributed by atoms with Crippen LogP contribution >= 0.6 is 0 Å². The van der Waals surface area contributed by atoms with Gasteiger partial charge in [-0.05, 0) is 25.7 Å². The monoisotopic (exact) mass is 661 g/mol. The normalized spacial score (nSPS) is 24.3. The molecule has 0 aromatic carbocycles. The molecule has 1 amide bonds. The SMILES string of the molecule is CCCCCCC(=O)N(CCCCCCCCCCC(=O)[O-])C[C@H](O)[C@@H](O)[C@H](O[C@@H]1O[C@H](CO)[C@H](O)[C@H](O)[C@H]1O)[C@H](O)CO.[Na+]. The minimum atomic E-state index is -1.86. The van der Waals surface area contributed by atoms with Gasteiger partial charge in [0.2, 0.25) is 5.91 Å². The third kappa shape index (κ3) is 17.0. The number of carbonyl (C=O) groups is 2. The Morgan fingerprint density at radius 2 is 1.36 bits per heavy atom. The van der Waals surface area contributed by atoms with E-state index in [2.05, 4.69) is 6.92 Å². The quantitative estimate of drug-likeness (QED) is 0.0339. The van der Waals surface area contributed by atoms with Gasteiger partial charge in [-0.2, -0.15) is 0 Å². The zero-order chi connectivity index (χ0) is 33.1. The summed E-state index contributed by atoms with van der Waals surface area (Å²) in [5.41, 5.74) is 0. The number of aliphatic hydroxyl groups excluding tert-OH is 8. The first-order valence-corrected chi connectivity index (χ1v) is 16.1. The van der Waals surface area contributed by atoms with Crippen LogP contribution in [-0.2, 0) is 19.1 Å². The standard InChI is InChI=1S/C30H57NO13.Na/c1-2-3-4-11-14-23(36)31(16-13-10-8-6-5-7-9-12-15-24(37)38)17-20(34)25(39)29(21(35)18-32)44-30-28(42)27(41)26(40)22(19-33)43-30;/h20-22,25-30,32-35,39-42H,2-19H2,1H3,(H,37,38);/q;+1/p-1/t20-,21+,22+,25+,26-,27-,28+,29+,30-;/m0./s1. The fourth-order valence-electron chi connectivity index (χ4n) is 5.20. The van der Waals surface area contributed by atoms with Gasteiger partial charge >= 0.3 is 29.6 Å². The maximum atomic E-state index is 13.1. The first-order chi connectivity index (χ1) is 21.0. The van der Waals surface area contributed by atoms with Crippen molar-refractivity contribution in [2.45, 2.75) is 152 Å². The smallest absolute Gasteiger partial charge is 0.550 e. The molecule has 260 valence electrons. The topological polar surface area (TPSA) is 241 Å². The van der Waals surface area contributed by atoms with Gasteiger partial charge in [0.1, 0.15) is 48.8 Å². The molecular formula is C30H56NNaO13.